The van der Waals surface area contributed by atoms with Gasteiger partial charge in [0.15, 0.2) is 8.32 Å². The van der Waals surface area contributed by atoms with Crippen LogP contribution in [0.2, 0.25) is 34.8 Å². The van der Waals surface area contributed by atoms with Gasteiger partial charge in [0.25, 0.3) is 0 Å². The molecule has 2 saturated heterocycles. The second kappa shape index (κ2) is 9.69. The first-order valence-electron chi connectivity index (χ1n) is 12.6. The number of hydrogen-bond donors (Lipinski definition) is 0. The lowest BCUT2D eigenvalue weighted by Gasteiger charge is -2.49. The summed E-state index contributed by atoms with van der Waals surface area (Å²) in [7, 11) is -1.86. The molecule has 0 spiro atoms. The third-order valence-electron chi connectivity index (χ3n) is 9.00. The van der Waals surface area contributed by atoms with Crippen LogP contribution in [0.4, 0.5) is 0 Å². The Morgan fingerprint density at radius 2 is 1.52 bits per heavy atom. The van der Waals surface area contributed by atoms with Crippen molar-refractivity contribution in [1.82, 2.24) is 4.90 Å². The first-order valence-corrected chi connectivity index (χ1v) is 17.7. The number of nitrogens with zero attached hydrogens (tertiary/aromatic N) is 1. The topological polar surface area (TPSA) is 38.8 Å². The minimum atomic E-state index is -2.13. The number of ketones is 1. The Morgan fingerprint density at radius 1 is 1.00 bits per heavy atom. The highest BCUT2D eigenvalue weighted by Crippen LogP contribution is 2.46. The minimum absolute atomic E-state index is 0.0587. The van der Waals surface area contributed by atoms with Crippen molar-refractivity contribution in [2.24, 2.45) is 5.92 Å². The van der Waals surface area contributed by atoms with Crippen molar-refractivity contribution in [1.29, 1.82) is 0 Å². The fourth-order valence-electron chi connectivity index (χ4n) is 6.15. The maximum Gasteiger partial charge on any atom is 0.200 e. The first-order chi connectivity index (χ1) is 14.1. The SMILES string of the molecule is CC(C)[Si](O[C@H](CO[Si](C)(C)C(C)(C)C)[C@@H]1C(=O)C[C@H]2CC[C@@H]1N2C)(C(C)C)C(C)C. The van der Waals surface area contributed by atoms with E-state index in [9.17, 15) is 4.79 Å². The fraction of sp³-hybridized carbons (Fsp3) is 0.960. The molecule has 2 aliphatic heterocycles. The molecule has 2 rings (SSSR count). The molecule has 4 atom stereocenters. The molecule has 182 valence electrons. The van der Waals surface area contributed by atoms with Gasteiger partial charge in [-0.1, -0.05) is 62.3 Å². The van der Waals surface area contributed by atoms with Crippen LogP contribution in [0.3, 0.4) is 0 Å². The molecule has 2 heterocycles. The van der Waals surface area contributed by atoms with Crippen LogP contribution >= 0.6 is 0 Å². The lowest BCUT2D eigenvalue weighted by Crippen LogP contribution is -2.59. The van der Waals surface area contributed by atoms with Crippen LogP contribution in [0, 0.1) is 5.92 Å². The van der Waals surface area contributed by atoms with Gasteiger partial charge in [0.05, 0.1) is 18.6 Å². The van der Waals surface area contributed by atoms with Crippen LogP contribution in [0.1, 0.15) is 81.6 Å². The zero-order chi connectivity index (χ0) is 23.9. The Morgan fingerprint density at radius 3 is 1.97 bits per heavy atom. The van der Waals surface area contributed by atoms with Crippen molar-refractivity contribution in [3.05, 3.63) is 0 Å². The summed E-state index contributed by atoms with van der Waals surface area (Å²) in [5.41, 5.74) is 1.49. The number of hydrogen-bond acceptors (Lipinski definition) is 4. The highest BCUT2D eigenvalue weighted by molar-refractivity contribution is 6.77. The van der Waals surface area contributed by atoms with E-state index in [1.165, 1.54) is 0 Å². The average Bonchev–Trinajstić information content (AvgIpc) is 2.84. The Bertz CT molecular complexity index is 605. The molecule has 0 aliphatic carbocycles. The maximum absolute atomic E-state index is 13.4. The van der Waals surface area contributed by atoms with Gasteiger partial charge in [-0.05, 0) is 54.6 Å². The molecule has 31 heavy (non-hydrogen) atoms. The smallest absolute Gasteiger partial charge is 0.200 e. The van der Waals surface area contributed by atoms with Gasteiger partial charge in [0.1, 0.15) is 5.78 Å². The summed E-state index contributed by atoms with van der Waals surface area (Å²) in [6, 6.07) is 0.732. The molecule has 2 fully saturated rings. The lowest BCUT2D eigenvalue weighted by molar-refractivity contribution is -0.134. The van der Waals surface area contributed by atoms with E-state index in [4.69, 9.17) is 8.85 Å². The van der Waals surface area contributed by atoms with Crippen molar-refractivity contribution in [2.75, 3.05) is 13.7 Å². The molecule has 6 heteroatoms. The normalized spacial score (nSPS) is 27.1. The molecule has 0 N–H and O–H groups in total. The summed E-state index contributed by atoms with van der Waals surface area (Å²) in [4.78, 5) is 15.9. The van der Waals surface area contributed by atoms with E-state index >= 15 is 0 Å². The number of Topliss-reactive ketones (excluding diaryl/α,β-unsaturated/α-hetero) is 1. The van der Waals surface area contributed by atoms with Crippen molar-refractivity contribution in [3.8, 4) is 0 Å². The van der Waals surface area contributed by atoms with E-state index in [-0.39, 0.29) is 17.1 Å². The van der Waals surface area contributed by atoms with Crippen LogP contribution in [-0.4, -0.2) is 59.2 Å². The fourth-order valence-corrected chi connectivity index (χ4v) is 12.7. The molecule has 0 radical (unpaired) electrons. The van der Waals surface area contributed by atoms with Gasteiger partial charge in [-0.3, -0.25) is 9.69 Å². The molecule has 0 amide bonds. The zero-order valence-electron chi connectivity index (χ0n) is 22.5. The van der Waals surface area contributed by atoms with E-state index in [0.29, 0.717) is 47.5 Å². The van der Waals surface area contributed by atoms with E-state index in [2.05, 4.69) is 87.4 Å². The number of rotatable bonds is 9. The molecular formula is C25H51NO3Si2. The standard InChI is InChI=1S/C25H51NO3Si2/c1-17(2)31(18(3)4,19(5)6)29-23(16-28-30(11,12)25(7,8)9)24-21-14-13-20(26(21)10)15-22(24)27/h17-21,23-24H,13-16H2,1-12H3/t20-,21+,23-,24+/m1/s1. The molecule has 4 nitrogen and oxygen atoms in total. The molecule has 0 aromatic rings. The molecule has 2 bridgehead atoms. The van der Waals surface area contributed by atoms with Crippen molar-refractivity contribution in [2.45, 2.75) is 135 Å². The second-order valence-electron chi connectivity index (χ2n) is 12.7. The summed E-state index contributed by atoms with van der Waals surface area (Å²) >= 11 is 0. The number of carbonyl (C=O) groups excluding carboxylic acids is 1. The summed E-state index contributed by atoms with van der Waals surface area (Å²) in [5, 5.41) is 0.145. The Labute approximate surface area is 195 Å². The van der Waals surface area contributed by atoms with Gasteiger partial charge >= 0.3 is 0 Å². The third-order valence-corrected chi connectivity index (χ3v) is 19.6. The van der Waals surface area contributed by atoms with Crippen LogP contribution in [0.5, 0.6) is 0 Å². The highest BCUT2D eigenvalue weighted by Gasteiger charge is 2.53. The summed E-state index contributed by atoms with van der Waals surface area (Å²) in [6.07, 6.45) is 2.79. The van der Waals surface area contributed by atoms with Gasteiger partial charge < -0.3 is 8.85 Å². The van der Waals surface area contributed by atoms with Gasteiger partial charge in [-0.25, -0.2) is 0 Å². The quantitative estimate of drug-likeness (QED) is 0.356. The zero-order valence-corrected chi connectivity index (χ0v) is 24.5. The minimum Gasteiger partial charge on any atom is -0.414 e. The summed E-state index contributed by atoms with van der Waals surface area (Å²) in [6.45, 7) is 26.0. The average molecular weight is 470 g/mol. The Balaban J connectivity index is 2.43. The summed E-state index contributed by atoms with van der Waals surface area (Å²) in [5.74, 6) is 0.352. The largest absolute Gasteiger partial charge is 0.414 e. The second-order valence-corrected chi connectivity index (χ2v) is 22.9. The molecular weight excluding hydrogens is 418 g/mol. The predicted octanol–water partition coefficient (Wildman–Crippen LogP) is 6.62. The van der Waals surface area contributed by atoms with Crippen LogP contribution < -0.4 is 0 Å². The Kier molecular flexibility index (Phi) is 8.51. The molecule has 0 unspecified atom stereocenters. The molecule has 2 aliphatic rings. The molecule has 0 saturated carbocycles. The van der Waals surface area contributed by atoms with Gasteiger partial charge in [-0.15, -0.1) is 0 Å². The monoisotopic (exact) mass is 469 g/mol. The van der Waals surface area contributed by atoms with Crippen LogP contribution in [0.25, 0.3) is 0 Å². The van der Waals surface area contributed by atoms with Gasteiger partial charge in [-0.2, -0.15) is 0 Å². The van der Waals surface area contributed by atoms with Crippen LogP contribution in [-0.2, 0) is 13.6 Å². The first kappa shape index (κ1) is 27.2. The highest BCUT2D eigenvalue weighted by atomic mass is 28.4. The number of piperidine rings is 1. The van der Waals surface area contributed by atoms with Crippen molar-refractivity contribution >= 4 is 22.4 Å². The lowest BCUT2D eigenvalue weighted by atomic mass is 9.85. The predicted molar refractivity (Wildman–Crippen MR) is 137 cm³/mol. The van der Waals surface area contributed by atoms with Crippen molar-refractivity contribution in [3.63, 3.8) is 0 Å². The third kappa shape index (κ3) is 5.23. The molecule has 0 aromatic carbocycles. The van der Waals surface area contributed by atoms with E-state index in [1.807, 2.05) is 0 Å². The van der Waals surface area contributed by atoms with Crippen LogP contribution in [0.15, 0.2) is 0 Å². The molecule has 0 aromatic heterocycles. The van der Waals surface area contributed by atoms with Crippen molar-refractivity contribution < 1.29 is 13.6 Å². The summed E-state index contributed by atoms with van der Waals surface area (Å²) < 4.78 is 14.1. The van der Waals surface area contributed by atoms with E-state index in [1.54, 1.807) is 0 Å². The number of fused-ring (bicyclic) bond motifs is 2. The van der Waals surface area contributed by atoms with E-state index in [0.717, 1.165) is 12.8 Å². The Hall–Kier alpha value is -0.0162. The number of carbonyl (C=O) groups is 1. The van der Waals surface area contributed by atoms with Gasteiger partial charge in [0, 0.05) is 18.5 Å². The maximum atomic E-state index is 13.4. The van der Waals surface area contributed by atoms with Gasteiger partial charge in [0.2, 0.25) is 8.32 Å². The van der Waals surface area contributed by atoms with E-state index < -0.39 is 16.6 Å².